The second-order valence-corrected chi connectivity index (χ2v) is 4.90. The van der Waals surface area contributed by atoms with E-state index in [1.807, 2.05) is 6.92 Å². The van der Waals surface area contributed by atoms with Crippen LogP contribution in [0.2, 0.25) is 0 Å². The van der Waals surface area contributed by atoms with E-state index >= 15 is 0 Å². The Morgan fingerprint density at radius 2 is 2.11 bits per heavy atom. The molecule has 3 amide bonds. The minimum atomic E-state index is -0.346. The average molecular weight is 253 g/mol. The fourth-order valence-corrected chi connectivity index (χ4v) is 2.10. The summed E-state index contributed by atoms with van der Waals surface area (Å²) in [4.78, 5) is 38.3. The van der Waals surface area contributed by atoms with Gasteiger partial charge in [-0.25, -0.2) is 0 Å². The third kappa shape index (κ3) is 2.53. The number of imide groups is 1. The van der Waals surface area contributed by atoms with Gasteiger partial charge in [-0.1, -0.05) is 6.92 Å². The smallest absolute Gasteiger partial charge is 0.246 e. The highest BCUT2D eigenvalue weighted by Gasteiger charge is 2.36. The van der Waals surface area contributed by atoms with Crippen molar-refractivity contribution in [1.82, 2.24) is 15.1 Å². The number of carbonyl (C=O) groups excluding carboxylic acids is 3. The van der Waals surface area contributed by atoms with E-state index in [0.717, 1.165) is 17.7 Å². The Balaban J connectivity index is 1.99. The highest BCUT2D eigenvalue weighted by Crippen LogP contribution is 2.25. The van der Waals surface area contributed by atoms with E-state index in [2.05, 4.69) is 5.32 Å². The van der Waals surface area contributed by atoms with E-state index in [1.54, 1.807) is 11.9 Å². The van der Waals surface area contributed by atoms with Crippen molar-refractivity contribution in [3.63, 3.8) is 0 Å². The SMILES string of the molecule is CCC1NCC(=O)N(CC(=O)N(C)C2CC2)C1=O. The fraction of sp³-hybridized carbons (Fsp3) is 0.750. The van der Waals surface area contributed by atoms with Gasteiger partial charge in [0.25, 0.3) is 0 Å². The summed E-state index contributed by atoms with van der Waals surface area (Å²) in [5.41, 5.74) is 0. The second kappa shape index (κ2) is 5.06. The average Bonchev–Trinajstić information content (AvgIpc) is 3.17. The summed E-state index contributed by atoms with van der Waals surface area (Å²) in [7, 11) is 1.73. The monoisotopic (exact) mass is 253 g/mol. The van der Waals surface area contributed by atoms with Crippen molar-refractivity contribution in [3.05, 3.63) is 0 Å². The zero-order chi connectivity index (χ0) is 13.3. The Morgan fingerprint density at radius 1 is 1.44 bits per heavy atom. The van der Waals surface area contributed by atoms with Gasteiger partial charge < -0.3 is 4.90 Å². The van der Waals surface area contributed by atoms with Gasteiger partial charge >= 0.3 is 0 Å². The molecule has 1 saturated carbocycles. The topological polar surface area (TPSA) is 69.7 Å². The van der Waals surface area contributed by atoms with Crippen molar-refractivity contribution in [2.75, 3.05) is 20.1 Å². The molecular formula is C12H19N3O3. The molecule has 0 radical (unpaired) electrons. The highest BCUT2D eigenvalue weighted by molar-refractivity contribution is 6.03. The third-order valence-electron chi connectivity index (χ3n) is 3.55. The molecule has 1 atom stereocenters. The molecule has 2 fully saturated rings. The van der Waals surface area contributed by atoms with Crippen LogP contribution in [-0.4, -0.2) is 59.7 Å². The molecule has 1 aliphatic carbocycles. The minimum Gasteiger partial charge on any atom is -0.341 e. The van der Waals surface area contributed by atoms with Crippen molar-refractivity contribution in [2.24, 2.45) is 0 Å². The standard InChI is InChI=1S/C12H19N3O3/c1-3-9-12(18)15(10(16)6-13-9)7-11(17)14(2)8-4-5-8/h8-9,13H,3-7H2,1-2H3. The van der Waals surface area contributed by atoms with Gasteiger partial charge in [-0.05, 0) is 19.3 Å². The summed E-state index contributed by atoms with van der Waals surface area (Å²) in [6.45, 7) is 1.88. The Morgan fingerprint density at radius 3 is 2.67 bits per heavy atom. The normalized spacial score (nSPS) is 24.3. The number of nitrogens with zero attached hydrogens (tertiary/aromatic N) is 2. The summed E-state index contributed by atoms with van der Waals surface area (Å²) in [6, 6.07) is -0.0469. The molecule has 0 aromatic carbocycles. The second-order valence-electron chi connectivity index (χ2n) is 4.90. The van der Waals surface area contributed by atoms with Gasteiger partial charge in [0.2, 0.25) is 17.7 Å². The van der Waals surface area contributed by atoms with Crippen molar-refractivity contribution in [2.45, 2.75) is 38.3 Å². The quantitative estimate of drug-likeness (QED) is 0.676. The van der Waals surface area contributed by atoms with Crippen molar-refractivity contribution < 1.29 is 14.4 Å². The van der Waals surface area contributed by atoms with Gasteiger partial charge in [0, 0.05) is 13.1 Å². The van der Waals surface area contributed by atoms with Crippen molar-refractivity contribution in [1.29, 1.82) is 0 Å². The van der Waals surface area contributed by atoms with E-state index in [1.165, 1.54) is 0 Å². The molecule has 0 aromatic heterocycles. The van der Waals surface area contributed by atoms with Crippen LogP contribution in [-0.2, 0) is 14.4 Å². The summed E-state index contributed by atoms with van der Waals surface area (Å²) in [5, 5.41) is 2.87. The Hall–Kier alpha value is -1.43. The van der Waals surface area contributed by atoms with Crippen molar-refractivity contribution >= 4 is 17.7 Å². The molecule has 1 heterocycles. The molecule has 0 aromatic rings. The van der Waals surface area contributed by atoms with Crippen LogP contribution in [0, 0.1) is 0 Å². The first-order chi connectivity index (χ1) is 8.54. The molecule has 2 rings (SSSR count). The van der Waals surface area contributed by atoms with E-state index in [4.69, 9.17) is 0 Å². The predicted octanol–water partition coefficient (Wildman–Crippen LogP) is -0.656. The number of likely N-dealkylation sites (N-methyl/N-ethyl adjacent to an activating group) is 1. The van der Waals surface area contributed by atoms with Gasteiger partial charge in [0.05, 0.1) is 12.6 Å². The van der Waals surface area contributed by atoms with Crippen LogP contribution in [0.1, 0.15) is 26.2 Å². The Kier molecular flexibility index (Phi) is 3.65. The molecule has 6 nitrogen and oxygen atoms in total. The van der Waals surface area contributed by atoms with E-state index in [-0.39, 0.29) is 36.9 Å². The maximum Gasteiger partial charge on any atom is 0.246 e. The van der Waals surface area contributed by atoms with Crippen LogP contribution in [0.3, 0.4) is 0 Å². The lowest BCUT2D eigenvalue weighted by Gasteiger charge is -2.31. The lowest BCUT2D eigenvalue weighted by molar-refractivity contribution is -0.153. The lowest BCUT2D eigenvalue weighted by atomic mass is 10.1. The minimum absolute atomic E-state index is 0.122. The number of amides is 3. The first kappa shape index (κ1) is 13.0. The van der Waals surface area contributed by atoms with E-state index in [9.17, 15) is 14.4 Å². The van der Waals surface area contributed by atoms with Crippen LogP contribution < -0.4 is 5.32 Å². The first-order valence-electron chi connectivity index (χ1n) is 6.37. The predicted molar refractivity (Wildman–Crippen MR) is 64.6 cm³/mol. The first-order valence-corrected chi connectivity index (χ1v) is 6.37. The van der Waals surface area contributed by atoms with Crippen LogP contribution in [0.25, 0.3) is 0 Å². The summed E-state index contributed by atoms with van der Waals surface area (Å²) >= 11 is 0. The Labute approximate surface area is 106 Å². The Bertz CT molecular complexity index is 379. The van der Waals surface area contributed by atoms with Gasteiger partial charge in [-0.2, -0.15) is 0 Å². The molecule has 0 spiro atoms. The highest BCUT2D eigenvalue weighted by atomic mass is 16.2. The third-order valence-corrected chi connectivity index (χ3v) is 3.55. The summed E-state index contributed by atoms with van der Waals surface area (Å²) in [5.74, 6) is -0.760. The fourth-order valence-electron chi connectivity index (χ4n) is 2.10. The number of carbonyl (C=O) groups is 3. The number of hydrogen-bond acceptors (Lipinski definition) is 4. The molecule has 1 unspecified atom stereocenters. The molecule has 1 aliphatic heterocycles. The molecule has 0 bridgehead atoms. The van der Waals surface area contributed by atoms with Crippen molar-refractivity contribution in [3.8, 4) is 0 Å². The molecule has 2 aliphatic rings. The summed E-state index contributed by atoms with van der Waals surface area (Å²) in [6.07, 6.45) is 2.65. The number of hydrogen-bond donors (Lipinski definition) is 1. The maximum atomic E-state index is 12.0. The van der Waals surface area contributed by atoms with Crippen LogP contribution in [0.4, 0.5) is 0 Å². The molecule has 100 valence electrons. The molecule has 18 heavy (non-hydrogen) atoms. The molecule has 6 heteroatoms. The zero-order valence-corrected chi connectivity index (χ0v) is 10.8. The summed E-state index contributed by atoms with van der Waals surface area (Å²) < 4.78 is 0. The van der Waals surface area contributed by atoms with E-state index in [0.29, 0.717) is 12.5 Å². The van der Waals surface area contributed by atoms with Crippen LogP contribution >= 0.6 is 0 Å². The maximum absolute atomic E-state index is 12.0. The largest absolute Gasteiger partial charge is 0.341 e. The van der Waals surface area contributed by atoms with Crippen LogP contribution in [0.15, 0.2) is 0 Å². The zero-order valence-electron chi connectivity index (χ0n) is 10.8. The molecule has 1 N–H and O–H groups in total. The van der Waals surface area contributed by atoms with E-state index < -0.39 is 0 Å². The number of rotatable bonds is 4. The van der Waals surface area contributed by atoms with Gasteiger partial charge in [0.15, 0.2) is 0 Å². The van der Waals surface area contributed by atoms with Gasteiger partial charge in [0.1, 0.15) is 6.54 Å². The number of nitrogens with one attached hydrogen (secondary N) is 1. The molecule has 1 saturated heterocycles. The van der Waals surface area contributed by atoms with Crippen LogP contribution in [0.5, 0.6) is 0 Å². The number of piperazine rings is 1. The van der Waals surface area contributed by atoms with Gasteiger partial charge in [-0.3, -0.25) is 24.6 Å². The van der Waals surface area contributed by atoms with Gasteiger partial charge in [-0.15, -0.1) is 0 Å². The lowest BCUT2D eigenvalue weighted by Crippen LogP contribution is -2.59. The molecular weight excluding hydrogens is 234 g/mol.